The summed E-state index contributed by atoms with van der Waals surface area (Å²) >= 11 is 0. The van der Waals surface area contributed by atoms with E-state index in [4.69, 9.17) is 0 Å². The van der Waals surface area contributed by atoms with Gasteiger partial charge in [0.2, 0.25) is 5.91 Å². The van der Waals surface area contributed by atoms with Crippen molar-refractivity contribution in [2.24, 2.45) is 0 Å². The average Bonchev–Trinajstić information content (AvgIpc) is 3.08. The van der Waals surface area contributed by atoms with Crippen molar-refractivity contribution in [3.63, 3.8) is 0 Å². The topological polar surface area (TPSA) is 68.2 Å². The van der Waals surface area contributed by atoms with Crippen LogP contribution in [0.1, 0.15) is 30.7 Å². The third-order valence-corrected chi connectivity index (χ3v) is 6.29. The van der Waals surface area contributed by atoms with Gasteiger partial charge in [-0.1, -0.05) is 19.1 Å². The number of nitrogens with zero attached hydrogens (tertiary/aromatic N) is 1. The summed E-state index contributed by atoms with van der Waals surface area (Å²) in [5.74, 6) is -0.232. The second-order valence-corrected chi connectivity index (χ2v) is 9.56. The molecule has 0 atom stereocenters. The predicted molar refractivity (Wildman–Crippen MR) is 118 cm³/mol. The van der Waals surface area contributed by atoms with E-state index in [-0.39, 0.29) is 10.8 Å². The van der Waals surface area contributed by atoms with Crippen molar-refractivity contribution in [3.8, 4) is 16.8 Å². The van der Waals surface area contributed by atoms with Gasteiger partial charge in [-0.2, -0.15) is 13.2 Å². The summed E-state index contributed by atoms with van der Waals surface area (Å²) in [6.45, 7) is 5.09. The number of rotatable bonds is 5. The van der Waals surface area contributed by atoms with Gasteiger partial charge in [0.25, 0.3) is 0 Å². The zero-order valence-electron chi connectivity index (χ0n) is 18.0. The molecule has 9 heteroatoms. The fourth-order valence-corrected chi connectivity index (χ4v) is 4.29. The van der Waals surface area contributed by atoms with Crippen LogP contribution in [0.3, 0.4) is 0 Å². The predicted octanol–water partition coefficient (Wildman–Crippen LogP) is 5.40. The first-order valence-corrected chi connectivity index (χ1v) is 11.7. The molecule has 5 nitrogen and oxygen atoms in total. The Morgan fingerprint density at radius 1 is 1.09 bits per heavy atom. The Labute approximate surface area is 184 Å². The van der Waals surface area contributed by atoms with E-state index < -0.39 is 21.6 Å². The van der Waals surface area contributed by atoms with E-state index >= 15 is 0 Å². The summed E-state index contributed by atoms with van der Waals surface area (Å²) < 4.78 is 65.5. The van der Waals surface area contributed by atoms with Crippen LogP contribution in [0.2, 0.25) is 0 Å². The largest absolute Gasteiger partial charge is 0.416 e. The molecule has 1 heterocycles. The minimum Gasteiger partial charge on any atom is -0.325 e. The molecule has 0 aliphatic rings. The van der Waals surface area contributed by atoms with Gasteiger partial charge in [-0.15, -0.1) is 0 Å². The minimum absolute atomic E-state index is 0.0461. The molecule has 0 saturated carbocycles. The smallest absolute Gasteiger partial charge is 0.325 e. The van der Waals surface area contributed by atoms with Crippen LogP contribution >= 0.6 is 0 Å². The zero-order valence-corrected chi connectivity index (χ0v) is 18.9. The molecule has 0 unspecified atom stereocenters. The fraction of sp³-hybridized carbons (Fsp3) is 0.261. The molecule has 1 aromatic heterocycles. The number of hydrogen-bond donors (Lipinski definition) is 1. The monoisotopic (exact) mass is 464 g/mol. The van der Waals surface area contributed by atoms with E-state index in [1.807, 2.05) is 6.92 Å². The average molecular weight is 465 g/mol. The highest BCUT2D eigenvalue weighted by Crippen LogP contribution is 2.35. The molecule has 0 bridgehead atoms. The van der Waals surface area contributed by atoms with Crippen LogP contribution in [0.5, 0.6) is 0 Å². The van der Waals surface area contributed by atoms with Crippen LogP contribution < -0.4 is 5.32 Å². The molecule has 32 heavy (non-hydrogen) atoms. The standard InChI is InChI=1S/C23H23F3N2O3S/c1-5-21-20(27-15(3)29)10-11-28(21)22-13-18(32(4,30)31)12-19(14(22)2)16-6-8-17(9-7-16)23(24,25)26/h6-13H,5H2,1-4H3,(H,27,29). The van der Waals surface area contributed by atoms with E-state index in [0.717, 1.165) is 24.1 Å². The first kappa shape index (κ1) is 23.6. The van der Waals surface area contributed by atoms with Gasteiger partial charge in [-0.3, -0.25) is 4.79 Å². The quantitative estimate of drug-likeness (QED) is 0.550. The van der Waals surface area contributed by atoms with Gasteiger partial charge in [-0.25, -0.2) is 8.42 Å². The third-order valence-electron chi connectivity index (χ3n) is 5.20. The van der Waals surface area contributed by atoms with Crippen LogP contribution in [0.4, 0.5) is 18.9 Å². The van der Waals surface area contributed by atoms with E-state index in [1.165, 1.54) is 31.2 Å². The molecule has 0 aliphatic carbocycles. The first-order valence-electron chi connectivity index (χ1n) is 9.83. The zero-order chi connectivity index (χ0) is 23.8. The fourth-order valence-electron chi connectivity index (χ4n) is 3.63. The van der Waals surface area contributed by atoms with Gasteiger partial charge in [0, 0.05) is 25.1 Å². The number of anilines is 1. The number of amides is 1. The van der Waals surface area contributed by atoms with Crippen molar-refractivity contribution in [2.75, 3.05) is 11.6 Å². The van der Waals surface area contributed by atoms with Crippen LogP contribution in [-0.4, -0.2) is 25.1 Å². The number of carbonyl (C=O) groups is 1. The van der Waals surface area contributed by atoms with E-state index in [0.29, 0.717) is 34.5 Å². The second-order valence-electron chi connectivity index (χ2n) is 7.54. The lowest BCUT2D eigenvalue weighted by Crippen LogP contribution is -2.10. The Hall–Kier alpha value is -3.07. The minimum atomic E-state index is -4.46. The molecule has 0 saturated heterocycles. The van der Waals surface area contributed by atoms with Gasteiger partial charge in [0.15, 0.2) is 9.84 Å². The van der Waals surface area contributed by atoms with Gasteiger partial charge < -0.3 is 9.88 Å². The summed E-state index contributed by atoms with van der Waals surface area (Å²) in [7, 11) is -3.61. The Kier molecular flexibility index (Phi) is 6.24. The number of carbonyl (C=O) groups excluding carboxylic acids is 1. The van der Waals surface area contributed by atoms with Gasteiger partial charge in [0.1, 0.15) is 0 Å². The molecular weight excluding hydrogens is 441 g/mol. The molecule has 170 valence electrons. The summed E-state index contributed by atoms with van der Waals surface area (Å²) in [4.78, 5) is 11.6. The maximum Gasteiger partial charge on any atom is 0.416 e. The Morgan fingerprint density at radius 3 is 2.22 bits per heavy atom. The Morgan fingerprint density at radius 2 is 1.72 bits per heavy atom. The van der Waals surface area contributed by atoms with Crippen molar-refractivity contribution >= 4 is 21.4 Å². The molecule has 2 aromatic carbocycles. The lowest BCUT2D eigenvalue weighted by molar-refractivity contribution is -0.137. The van der Waals surface area contributed by atoms with E-state index in [9.17, 15) is 26.4 Å². The molecule has 0 spiro atoms. The van der Waals surface area contributed by atoms with Crippen LogP contribution in [0.15, 0.2) is 53.6 Å². The second kappa shape index (κ2) is 8.46. The molecular formula is C23H23F3N2O3S. The van der Waals surface area contributed by atoms with E-state index in [1.54, 1.807) is 23.8 Å². The summed E-state index contributed by atoms with van der Waals surface area (Å²) in [5, 5.41) is 2.76. The van der Waals surface area contributed by atoms with Crippen LogP contribution in [-0.2, 0) is 27.2 Å². The third kappa shape index (κ3) is 4.72. The van der Waals surface area contributed by atoms with Crippen LogP contribution in [0.25, 0.3) is 16.8 Å². The summed E-state index contributed by atoms with van der Waals surface area (Å²) in [5.41, 5.74) is 2.83. The van der Waals surface area contributed by atoms with Gasteiger partial charge >= 0.3 is 6.18 Å². The van der Waals surface area contributed by atoms with Crippen molar-refractivity contribution in [1.82, 2.24) is 4.57 Å². The molecule has 1 amide bonds. The van der Waals surface area contributed by atoms with E-state index in [2.05, 4.69) is 5.32 Å². The van der Waals surface area contributed by atoms with Crippen LogP contribution in [0, 0.1) is 6.92 Å². The number of halogens is 3. The highest BCUT2D eigenvalue weighted by Gasteiger charge is 2.30. The van der Waals surface area contributed by atoms with Crippen molar-refractivity contribution in [3.05, 3.63) is 65.5 Å². The normalized spacial score (nSPS) is 12.1. The number of alkyl halides is 3. The first-order chi connectivity index (χ1) is 14.8. The molecule has 3 rings (SSSR count). The van der Waals surface area contributed by atoms with Crippen molar-refractivity contribution in [2.45, 2.75) is 38.3 Å². The molecule has 1 N–H and O–H groups in total. The van der Waals surface area contributed by atoms with Gasteiger partial charge in [0.05, 0.1) is 21.8 Å². The number of benzene rings is 2. The lowest BCUT2D eigenvalue weighted by atomic mass is 9.97. The molecule has 0 radical (unpaired) electrons. The Bertz CT molecular complexity index is 1280. The van der Waals surface area contributed by atoms with Crippen molar-refractivity contribution in [1.29, 1.82) is 0 Å². The summed E-state index contributed by atoms with van der Waals surface area (Å²) in [6.07, 6.45) is -1.10. The maximum atomic E-state index is 13.0. The molecule has 0 fully saturated rings. The molecule has 3 aromatic rings. The highest BCUT2D eigenvalue weighted by molar-refractivity contribution is 7.90. The molecule has 0 aliphatic heterocycles. The highest BCUT2D eigenvalue weighted by atomic mass is 32.2. The number of sulfone groups is 1. The Balaban J connectivity index is 2.26. The SMILES string of the molecule is CCc1c(NC(C)=O)ccn1-c1cc(S(C)(=O)=O)cc(-c2ccc(C(F)(F)F)cc2)c1C. The number of hydrogen-bond acceptors (Lipinski definition) is 3. The lowest BCUT2D eigenvalue weighted by Gasteiger charge is -2.18. The summed E-state index contributed by atoms with van der Waals surface area (Å²) in [6, 6.07) is 9.35. The maximum absolute atomic E-state index is 13.0. The number of aromatic nitrogens is 1. The van der Waals surface area contributed by atoms with Gasteiger partial charge in [-0.05, 0) is 60.4 Å². The van der Waals surface area contributed by atoms with Crippen molar-refractivity contribution < 1.29 is 26.4 Å². The number of nitrogens with one attached hydrogen (secondary N) is 1.